The van der Waals surface area contributed by atoms with Gasteiger partial charge in [0.1, 0.15) is 74.0 Å². The number of rotatable bonds is 4. The fourth-order valence-corrected chi connectivity index (χ4v) is 11.2. The van der Waals surface area contributed by atoms with Gasteiger partial charge in [-0.3, -0.25) is 14.4 Å². The third kappa shape index (κ3) is 58.2. The Hall–Kier alpha value is -8.96. The van der Waals surface area contributed by atoms with Gasteiger partial charge in [0.25, 0.3) is 0 Å². The van der Waals surface area contributed by atoms with Crippen LogP contribution in [0.25, 0.3) is 15.6 Å². The molecule has 0 spiro atoms. The number of hydrogen-bond donors (Lipinski definition) is 2. The van der Waals surface area contributed by atoms with Crippen molar-refractivity contribution in [2.45, 2.75) is 371 Å². The maximum Gasteiger partial charge on any atom is 0.170 e. The minimum atomic E-state index is -0.407. The molecule has 5 aliphatic rings. The van der Waals surface area contributed by atoms with Gasteiger partial charge in [0.15, 0.2) is 23.0 Å². The highest BCUT2D eigenvalue weighted by Gasteiger charge is 2.34. The number of carbonyl (C=O) groups excluding carboxylic acids is 4. The van der Waals surface area contributed by atoms with E-state index < -0.39 is 11.2 Å². The third-order valence-corrected chi connectivity index (χ3v) is 14.7. The van der Waals surface area contributed by atoms with Crippen molar-refractivity contribution in [3.05, 3.63) is 228 Å². The molecule has 0 bridgehead atoms. The Bertz CT molecular complexity index is 3830. The van der Waals surface area contributed by atoms with Gasteiger partial charge < -0.3 is 43.4 Å². The quantitative estimate of drug-likeness (QED) is 0.127. The normalized spacial score (nSPS) is 13.5. The summed E-state index contributed by atoms with van der Waals surface area (Å²) in [5.74, 6) is 11.3. The number of ether oxygens (including phenoxy) is 6. The second kappa shape index (κ2) is 79.2. The highest BCUT2D eigenvalue weighted by Crippen LogP contribution is 2.41. The topological polar surface area (TPSA) is 164 Å². The average molecular weight is 1760 g/mol. The molecular weight excluding hydrogens is 1580 g/mol. The van der Waals surface area contributed by atoms with Crippen LogP contribution < -0.4 is 28.4 Å². The van der Waals surface area contributed by atoms with Gasteiger partial charge in [-0.15, -0.1) is 5.92 Å². The maximum absolute atomic E-state index is 11.6. The molecule has 5 heterocycles. The number of aliphatic hydroxyl groups excluding tert-OH is 1. The van der Waals surface area contributed by atoms with E-state index in [0.717, 1.165) is 55.5 Å². The molecule has 0 saturated heterocycles. The lowest BCUT2D eigenvalue weighted by Crippen LogP contribution is -2.35. The molecule has 2 N–H and O–H groups in total. The minimum Gasteiger partial charge on any atom is -0.507 e. The van der Waals surface area contributed by atoms with Crippen LogP contribution in [0, 0.1) is 11.8 Å². The van der Waals surface area contributed by atoms with E-state index in [1.807, 2.05) is 422 Å². The number of halogens is 1. The van der Waals surface area contributed by atoms with Crippen LogP contribution in [0.1, 0.15) is 380 Å². The molecule has 1 unspecified atom stereocenters. The van der Waals surface area contributed by atoms with Crippen LogP contribution in [0.4, 0.5) is 0 Å². The summed E-state index contributed by atoms with van der Waals surface area (Å²) in [5, 5.41) is 18.9. The van der Waals surface area contributed by atoms with Crippen molar-refractivity contribution in [2.24, 2.45) is 0 Å². The lowest BCUT2D eigenvalue weighted by atomic mass is 9.92. The summed E-state index contributed by atoms with van der Waals surface area (Å²) >= 11 is 3.54. The molecule has 13 heteroatoms. The van der Waals surface area contributed by atoms with Crippen LogP contribution in [0.15, 0.2) is 194 Å². The van der Waals surface area contributed by atoms with Gasteiger partial charge in [-0.1, -0.05) is 331 Å². The van der Waals surface area contributed by atoms with Gasteiger partial charge in [0.2, 0.25) is 0 Å². The van der Waals surface area contributed by atoms with Gasteiger partial charge in [-0.25, -0.2) is 0 Å². The molecule has 1 atom stereocenters. The van der Waals surface area contributed by atoms with E-state index in [1.165, 1.54) is 38.0 Å². The van der Waals surface area contributed by atoms with E-state index in [0.29, 0.717) is 29.7 Å². The Morgan fingerprint density at radius 2 is 0.730 bits per heavy atom. The summed E-state index contributed by atoms with van der Waals surface area (Å²) in [7, 11) is 0. The third-order valence-electron chi connectivity index (χ3n) is 14.0. The minimum absolute atomic E-state index is 0.0509. The highest BCUT2D eigenvalue weighted by molar-refractivity contribution is 9.15. The van der Waals surface area contributed by atoms with Crippen LogP contribution in [0.5, 0.6) is 40.2 Å². The maximum atomic E-state index is 11.6. The first-order valence-corrected chi connectivity index (χ1v) is 46.1. The number of fused-ring (bicyclic) bond motifs is 5. The Kier molecular flexibility index (Phi) is 86.8. The molecule has 0 saturated carbocycles. The first-order valence-electron chi connectivity index (χ1n) is 45.3. The highest BCUT2D eigenvalue weighted by atomic mass is 79.9. The number of Topliss-reactive ketones (excluding diaryl/α,β-unsaturated/α-hetero) is 4. The number of phenols is 1. The smallest absolute Gasteiger partial charge is 0.170 e. The van der Waals surface area contributed by atoms with Gasteiger partial charge in [-0.05, 0) is 209 Å². The van der Waals surface area contributed by atoms with E-state index >= 15 is 0 Å². The summed E-state index contributed by atoms with van der Waals surface area (Å²) in [4.78, 5) is 43.3. The molecule has 0 radical (unpaired) electrons. The zero-order chi connectivity index (χ0) is 97.8. The zero-order valence-corrected chi connectivity index (χ0v) is 87.4. The monoisotopic (exact) mass is 1760 g/mol. The summed E-state index contributed by atoms with van der Waals surface area (Å²) in [6.07, 6.45) is 6.86. The number of ketones is 4. The first-order chi connectivity index (χ1) is 57.9. The van der Waals surface area contributed by atoms with Crippen LogP contribution in [-0.4, -0.2) is 67.0 Å². The van der Waals surface area contributed by atoms with E-state index in [9.17, 15) is 24.3 Å². The first kappa shape index (κ1) is 134. The number of phenolic OH excluding ortho intramolecular Hbond substituents is 1. The molecule has 12 rings (SSSR count). The molecule has 7 aromatic carbocycles. The van der Waals surface area contributed by atoms with E-state index in [-0.39, 0.29) is 57.4 Å². The van der Waals surface area contributed by atoms with Crippen molar-refractivity contribution in [1.29, 1.82) is 0 Å². The summed E-state index contributed by atoms with van der Waals surface area (Å²) in [6, 6.07) is 55.1. The standard InChI is InChI=1S/C13H14O2.2C12H14O.C11H11BrO.C11H14O2.C11H12O2.C8H8O2.C3H6O.14C2H6/c1-9(14)11-8-13(2,3)15-12-7-5-4-6-10(11)12;1-9-8-12(2,3)13-11-7-5-4-6-10(9)11;1-4-10-12(2,3)13-11-8-6-5-7-9-11;3*1-11(2)7-9(12)8-5-3-4-6-10(8)13-11;1-6(9)7-4-2-3-5-8(7)10;1-3(2)4;14*1-2/h4-8H,1-3H3;4-8H,1-3H3;5-9H,1-3H3;3-7H,1-2H3;3-6,9,12H,7H2,1-2H3;3-6H,7H2,1-2H3;2-5,10H,1H3;1-2H3;14*1-2H3. The van der Waals surface area contributed by atoms with Gasteiger partial charge in [0, 0.05) is 38.7 Å². The Labute approximate surface area is 758 Å². The van der Waals surface area contributed by atoms with Crippen LogP contribution in [0.3, 0.4) is 0 Å². The second-order valence-corrected chi connectivity index (χ2v) is 27.3. The van der Waals surface area contributed by atoms with Crippen molar-refractivity contribution in [3.8, 4) is 52.1 Å². The van der Waals surface area contributed by atoms with Gasteiger partial charge in [0.05, 0.1) is 23.7 Å². The lowest BCUT2D eigenvalue weighted by molar-refractivity contribution is -0.115. The van der Waals surface area contributed by atoms with Crippen LogP contribution in [-0.2, 0) is 9.59 Å². The summed E-state index contributed by atoms with van der Waals surface area (Å²) < 4.78 is 35.5. The molecule has 122 heavy (non-hydrogen) atoms. The number of para-hydroxylation sites is 7. The second-order valence-electron chi connectivity index (χ2n) is 26.4. The van der Waals surface area contributed by atoms with Crippen LogP contribution in [0.2, 0.25) is 0 Å². The number of hydrogen-bond acceptors (Lipinski definition) is 12. The molecule has 0 aromatic heterocycles. The summed E-state index contributed by atoms with van der Waals surface area (Å²) in [5.41, 5.74) is 5.46. The van der Waals surface area contributed by atoms with Crippen molar-refractivity contribution in [2.75, 3.05) is 0 Å². The fourth-order valence-electron chi connectivity index (χ4n) is 10.3. The molecule has 0 aliphatic carbocycles. The zero-order valence-electron chi connectivity index (χ0n) is 85.8. The van der Waals surface area contributed by atoms with Crippen molar-refractivity contribution >= 4 is 54.7 Å². The fraction of sp³-hybridized carbons (Fsp3) is 0.505. The number of allylic oxidation sites excluding steroid dienone is 2. The van der Waals surface area contributed by atoms with E-state index in [2.05, 4.69) is 66.8 Å². The number of aromatic hydroxyl groups is 1. The summed E-state index contributed by atoms with van der Waals surface area (Å²) in [6.45, 7) is 89.9. The Morgan fingerprint density at radius 1 is 0.410 bits per heavy atom. The molecule has 0 amide bonds. The molecular formula is C109H177BrO12. The SMILES string of the molecule is CC.CC.CC.CC.CC.CC.CC.CC.CC.CC.CC.CC.CC.CC.CC#CC(C)(C)Oc1ccccc1.CC(=O)C1=CC(C)(C)Oc2ccccc21.CC(=O)c1ccccc1O.CC(C)=O.CC1(C)C=C(Br)c2ccccc2O1.CC1(C)CC(=O)c2ccccc2O1.CC1(C)CC(O)c2ccccc2O1.CC1=CC(C)(C)Oc2ccccc21. The van der Waals surface area contributed by atoms with Crippen molar-refractivity contribution in [3.63, 3.8) is 0 Å². The molecule has 12 nitrogen and oxygen atoms in total. The largest absolute Gasteiger partial charge is 0.507 e. The van der Waals surface area contributed by atoms with E-state index in [4.69, 9.17) is 33.5 Å². The number of aliphatic hydroxyl groups is 1. The van der Waals surface area contributed by atoms with Gasteiger partial charge >= 0.3 is 0 Å². The Balaban J connectivity index is -0.000000142. The van der Waals surface area contributed by atoms with Crippen LogP contribution >= 0.6 is 15.9 Å². The average Bonchev–Trinajstić information content (AvgIpc) is 0.792. The van der Waals surface area contributed by atoms with Crippen molar-refractivity contribution < 1.29 is 57.8 Å². The molecule has 0 fully saturated rings. The molecule has 692 valence electrons. The van der Waals surface area contributed by atoms with Gasteiger partial charge in [-0.2, -0.15) is 0 Å². The Morgan fingerprint density at radius 3 is 1.13 bits per heavy atom. The molecule has 5 aliphatic heterocycles. The lowest BCUT2D eigenvalue weighted by Gasteiger charge is -2.35. The molecule has 7 aromatic rings. The van der Waals surface area contributed by atoms with E-state index in [1.54, 1.807) is 25.1 Å². The van der Waals surface area contributed by atoms with Crippen molar-refractivity contribution in [1.82, 2.24) is 0 Å². The predicted octanol–water partition coefficient (Wildman–Crippen LogP) is 33.8. The number of carbonyl (C=O) groups is 4. The predicted molar refractivity (Wildman–Crippen MR) is 541 cm³/mol. The number of benzene rings is 7.